The Bertz CT molecular complexity index is 1120. The van der Waals surface area contributed by atoms with E-state index in [4.69, 9.17) is 0 Å². The van der Waals surface area contributed by atoms with Crippen molar-refractivity contribution in [2.75, 3.05) is 18.4 Å². The molecule has 1 N–H and O–H groups in total. The van der Waals surface area contributed by atoms with Crippen LogP contribution in [0.3, 0.4) is 0 Å². The molecule has 1 aromatic carbocycles. The van der Waals surface area contributed by atoms with Crippen LogP contribution < -0.4 is 5.32 Å². The highest BCUT2D eigenvalue weighted by molar-refractivity contribution is 7.89. The van der Waals surface area contributed by atoms with Gasteiger partial charge in [0.1, 0.15) is 4.90 Å². The van der Waals surface area contributed by atoms with E-state index in [2.05, 4.69) is 15.3 Å². The third-order valence-corrected chi connectivity index (χ3v) is 7.22. The normalized spacial score (nSPS) is 15.3. The summed E-state index contributed by atoms with van der Waals surface area (Å²) in [6, 6.07) is 7.33. The van der Waals surface area contributed by atoms with Crippen molar-refractivity contribution in [1.29, 1.82) is 0 Å². The van der Waals surface area contributed by atoms with E-state index in [0.29, 0.717) is 18.2 Å². The van der Waals surface area contributed by atoms with Gasteiger partial charge in [-0.1, -0.05) is 17.4 Å². The summed E-state index contributed by atoms with van der Waals surface area (Å²) in [6.07, 6.45) is 4.84. The van der Waals surface area contributed by atoms with Crippen molar-refractivity contribution in [3.8, 4) is 11.1 Å². The van der Waals surface area contributed by atoms with Crippen LogP contribution in [0.15, 0.2) is 41.6 Å². The molecule has 27 heavy (non-hydrogen) atoms. The predicted octanol–water partition coefficient (Wildman–Crippen LogP) is 3.10. The number of nitrogens with zero attached hydrogens (tertiary/aromatic N) is 3. The van der Waals surface area contributed by atoms with Gasteiger partial charge in [0.2, 0.25) is 15.9 Å². The lowest BCUT2D eigenvalue weighted by Crippen LogP contribution is -2.27. The van der Waals surface area contributed by atoms with Crippen molar-refractivity contribution in [1.82, 2.24) is 14.3 Å². The number of aromatic nitrogens is 2. The van der Waals surface area contributed by atoms with Crippen LogP contribution in [0.4, 0.5) is 5.13 Å². The van der Waals surface area contributed by atoms with Gasteiger partial charge in [-0.2, -0.15) is 4.31 Å². The van der Waals surface area contributed by atoms with Gasteiger partial charge in [0.15, 0.2) is 5.13 Å². The molecular formula is C18H18N4O3S2. The molecule has 0 spiro atoms. The molecule has 1 aliphatic rings. The standard InChI is InChI=1S/C18H18N4O3S2/c1-12(23)20-18-21-16-5-4-13(9-17(16)26-18)14-8-15(11-19-10-14)27(24,25)22-6-2-3-7-22/h4-5,8-11H,2-3,6-7H2,1H3,(H,20,21,23). The Morgan fingerprint density at radius 1 is 1.15 bits per heavy atom. The van der Waals surface area contributed by atoms with E-state index in [9.17, 15) is 13.2 Å². The molecule has 0 aliphatic carbocycles. The van der Waals surface area contributed by atoms with Crippen molar-refractivity contribution in [2.24, 2.45) is 0 Å². The van der Waals surface area contributed by atoms with Gasteiger partial charge in [-0.3, -0.25) is 9.78 Å². The molecule has 0 unspecified atom stereocenters. The number of pyridine rings is 1. The fourth-order valence-corrected chi connectivity index (χ4v) is 5.56. The predicted molar refractivity (Wildman–Crippen MR) is 105 cm³/mol. The topological polar surface area (TPSA) is 92.3 Å². The lowest BCUT2D eigenvalue weighted by molar-refractivity contribution is -0.114. The van der Waals surface area contributed by atoms with Crippen LogP contribution >= 0.6 is 11.3 Å². The Kier molecular flexibility index (Phi) is 4.67. The van der Waals surface area contributed by atoms with E-state index < -0.39 is 10.0 Å². The second kappa shape index (κ2) is 6.99. The number of amides is 1. The van der Waals surface area contributed by atoms with Crippen LogP contribution in [-0.2, 0) is 14.8 Å². The average molecular weight is 403 g/mol. The van der Waals surface area contributed by atoms with Crippen LogP contribution in [0.5, 0.6) is 0 Å². The number of sulfonamides is 1. The highest BCUT2D eigenvalue weighted by atomic mass is 32.2. The van der Waals surface area contributed by atoms with Gasteiger partial charge < -0.3 is 5.32 Å². The molecule has 0 bridgehead atoms. The quantitative estimate of drug-likeness (QED) is 0.724. The monoisotopic (exact) mass is 402 g/mol. The van der Waals surface area contributed by atoms with Crippen molar-refractivity contribution >= 4 is 42.6 Å². The second-order valence-corrected chi connectivity index (χ2v) is 9.37. The van der Waals surface area contributed by atoms with Crippen molar-refractivity contribution in [2.45, 2.75) is 24.7 Å². The van der Waals surface area contributed by atoms with E-state index in [0.717, 1.165) is 34.2 Å². The fourth-order valence-electron chi connectivity index (χ4n) is 3.10. The van der Waals surface area contributed by atoms with E-state index in [1.807, 2.05) is 18.2 Å². The first kappa shape index (κ1) is 18.0. The summed E-state index contributed by atoms with van der Waals surface area (Å²) in [5, 5.41) is 3.22. The third-order valence-electron chi connectivity index (χ3n) is 4.42. The Balaban J connectivity index is 1.70. The second-order valence-electron chi connectivity index (χ2n) is 6.40. The summed E-state index contributed by atoms with van der Waals surface area (Å²) >= 11 is 1.37. The molecule has 1 amide bonds. The lowest BCUT2D eigenvalue weighted by atomic mass is 10.1. The van der Waals surface area contributed by atoms with Crippen LogP contribution in [0.25, 0.3) is 21.3 Å². The summed E-state index contributed by atoms with van der Waals surface area (Å²) in [7, 11) is -3.51. The van der Waals surface area contributed by atoms with Gasteiger partial charge >= 0.3 is 0 Å². The molecule has 1 fully saturated rings. The minimum absolute atomic E-state index is 0.168. The molecule has 0 radical (unpaired) electrons. The van der Waals surface area contributed by atoms with Gasteiger partial charge in [0.05, 0.1) is 10.2 Å². The first-order chi connectivity index (χ1) is 12.9. The van der Waals surface area contributed by atoms with Crippen LogP contribution in [0.2, 0.25) is 0 Å². The molecular weight excluding hydrogens is 384 g/mol. The maximum Gasteiger partial charge on any atom is 0.244 e. The molecule has 2 aromatic heterocycles. The Morgan fingerprint density at radius 3 is 2.67 bits per heavy atom. The summed E-state index contributed by atoms with van der Waals surface area (Å²) < 4.78 is 28.0. The summed E-state index contributed by atoms with van der Waals surface area (Å²) in [5.41, 5.74) is 2.36. The maximum absolute atomic E-state index is 12.8. The number of benzene rings is 1. The zero-order chi connectivity index (χ0) is 19.0. The van der Waals surface area contributed by atoms with E-state index in [1.54, 1.807) is 12.3 Å². The molecule has 1 aliphatic heterocycles. The average Bonchev–Trinajstić information content (AvgIpc) is 3.30. The van der Waals surface area contributed by atoms with E-state index in [-0.39, 0.29) is 10.8 Å². The number of rotatable bonds is 4. The minimum Gasteiger partial charge on any atom is -0.302 e. The first-order valence-electron chi connectivity index (χ1n) is 8.57. The molecule has 1 saturated heterocycles. The number of anilines is 1. The van der Waals surface area contributed by atoms with E-state index in [1.165, 1.54) is 28.8 Å². The molecule has 7 nitrogen and oxygen atoms in total. The molecule has 3 aromatic rings. The minimum atomic E-state index is -3.51. The Labute approximate surface area is 161 Å². The van der Waals surface area contributed by atoms with Crippen LogP contribution in [-0.4, -0.2) is 41.7 Å². The van der Waals surface area contributed by atoms with Crippen molar-refractivity contribution in [3.05, 3.63) is 36.7 Å². The van der Waals surface area contributed by atoms with Gasteiger partial charge in [-0.25, -0.2) is 13.4 Å². The number of hydrogen-bond donors (Lipinski definition) is 1. The number of thiazole rings is 1. The number of nitrogens with one attached hydrogen (secondary N) is 1. The van der Waals surface area contributed by atoms with Gasteiger partial charge in [-0.15, -0.1) is 0 Å². The largest absolute Gasteiger partial charge is 0.302 e. The lowest BCUT2D eigenvalue weighted by Gasteiger charge is -2.15. The molecule has 9 heteroatoms. The highest BCUT2D eigenvalue weighted by Gasteiger charge is 2.27. The molecule has 140 valence electrons. The Hall–Kier alpha value is -2.36. The summed E-state index contributed by atoms with van der Waals surface area (Å²) in [5.74, 6) is -0.168. The number of carbonyl (C=O) groups excluding carboxylic acids is 1. The Morgan fingerprint density at radius 2 is 1.93 bits per heavy atom. The van der Waals surface area contributed by atoms with E-state index >= 15 is 0 Å². The number of hydrogen-bond acceptors (Lipinski definition) is 6. The molecule has 3 heterocycles. The van der Waals surface area contributed by atoms with Crippen molar-refractivity contribution in [3.63, 3.8) is 0 Å². The first-order valence-corrected chi connectivity index (χ1v) is 10.8. The smallest absolute Gasteiger partial charge is 0.244 e. The number of carbonyl (C=O) groups is 1. The van der Waals surface area contributed by atoms with Crippen LogP contribution in [0.1, 0.15) is 19.8 Å². The summed E-state index contributed by atoms with van der Waals surface area (Å²) in [6.45, 7) is 2.56. The van der Waals surface area contributed by atoms with Crippen LogP contribution in [0, 0.1) is 0 Å². The number of fused-ring (bicyclic) bond motifs is 1. The van der Waals surface area contributed by atoms with Crippen molar-refractivity contribution < 1.29 is 13.2 Å². The zero-order valence-electron chi connectivity index (χ0n) is 14.7. The SMILES string of the molecule is CC(=O)Nc1nc2ccc(-c3cncc(S(=O)(=O)N4CCCC4)c3)cc2s1. The maximum atomic E-state index is 12.8. The third kappa shape index (κ3) is 3.58. The molecule has 0 saturated carbocycles. The molecule has 4 rings (SSSR count). The zero-order valence-corrected chi connectivity index (χ0v) is 16.3. The molecule has 0 atom stereocenters. The van der Waals surface area contributed by atoms with Gasteiger partial charge in [0.25, 0.3) is 0 Å². The fraction of sp³-hybridized carbons (Fsp3) is 0.278. The highest BCUT2D eigenvalue weighted by Crippen LogP contribution is 2.31. The summed E-state index contributed by atoms with van der Waals surface area (Å²) in [4.78, 5) is 19.9. The van der Waals surface area contributed by atoms with Gasteiger partial charge in [-0.05, 0) is 36.6 Å². The van der Waals surface area contributed by atoms with Gasteiger partial charge in [0, 0.05) is 38.0 Å².